The molecule has 0 radical (unpaired) electrons. The summed E-state index contributed by atoms with van der Waals surface area (Å²) in [7, 11) is 3.37. The van der Waals surface area contributed by atoms with Gasteiger partial charge in [0.25, 0.3) is 0 Å². The summed E-state index contributed by atoms with van der Waals surface area (Å²) < 4.78 is 36.6. The SMILES string of the molecule is CCCCCCCCCC[C@@H](OCOC)[C@H]1CC[C@@H]([C@H]2CC[C@H]([C@@H](CCCI)OCOC)O2)O1. The lowest BCUT2D eigenvalue weighted by molar-refractivity contribution is -0.157. The molecule has 6 atom stereocenters. The number of rotatable bonds is 21. The molecule has 0 saturated carbocycles. The van der Waals surface area contributed by atoms with Crippen LogP contribution in [0.1, 0.15) is 103 Å². The van der Waals surface area contributed by atoms with E-state index in [9.17, 15) is 0 Å². The van der Waals surface area contributed by atoms with Crippen LogP contribution in [0, 0.1) is 0 Å². The second kappa shape index (κ2) is 19.6. The highest BCUT2D eigenvalue weighted by molar-refractivity contribution is 14.1. The quantitative estimate of drug-likeness (QED) is 0.0627. The van der Waals surface area contributed by atoms with E-state index in [1.807, 2.05) is 0 Å². The molecule has 34 heavy (non-hydrogen) atoms. The molecule has 6 nitrogen and oxygen atoms in total. The van der Waals surface area contributed by atoms with Crippen molar-refractivity contribution in [2.75, 3.05) is 32.2 Å². The van der Waals surface area contributed by atoms with Crippen LogP contribution in [-0.4, -0.2) is 68.9 Å². The van der Waals surface area contributed by atoms with Gasteiger partial charge in [0.15, 0.2) is 0 Å². The zero-order valence-electron chi connectivity index (χ0n) is 22.0. The molecule has 0 N–H and O–H groups in total. The maximum absolute atomic E-state index is 6.55. The van der Waals surface area contributed by atoms with E-state index >= 15 is 0 Å². The monoisotopic (exact) mass is 598 g/mol. The maximum Gasteiger partial charge on any atom is 0.146 e. The number of methoxy groups -OCH3 is 2. The van der Waals surface area contributed by atoms with Crippen molar-refractivity contribution < 1.29 is 28.4 Å². The Hall–Kier alpha value is 0.490. The van der Waals surface area contributed by atoms with E-state index in [4.69, 9.17) is 28.4 Å². The van der Waals surface area contributed by atoms with E-state index in [-0.39, 0.29) is 36.6 Å². The minimum absolute atomic E-state index is 0.108. The largest absolute Gasteiger partial charge is 0.370 e. The van der Waals surface area contributed by atoms with Gasteiger partial charge in [0.2, 0.25) is 0 Å². The fourth-order valence-electron chi connectivity index (χ4n) is 5.29. The Kier molecular flexibility index (Phi) is 17.7. The van der Waals surface area contributed by atoms with Gasteiger partial charge in [-0.25, -0.2) is 0 Å². The molecular formula is C27H51IO6. The topological polar surface area (TPSA) is 55.4 Å². The van der Waals surface area contributed by atoms with Crippen LogP contribution in [0.5, 0.6) is 0 Å². The van der Waals surface area contributed by atoms with Crippen LogP contribution in [0.4, 0.5) is 0 Å². The fraction of sp³-hybridized carbons (Fsp3) is 1.00. The molecule has 0 aromatic heterocycles. The molecule has 2 fully saturated rings. The number of alkyl halides is 1. The summed E-state index contributed by atoms with van der Waals surface area (Å²) in [5.41, 5.74) is 0. The number of hydrogen-bond acceptors (Lipinski definition) is 6. The molecule has 0 unspecified atom stereocenters. The molecule has 0 amide bonds. The van der Waals surface area contributed by atoms with Crippen LogP contribution in [0.15, 0.2) is 0 Å². The second-order valence-electron chi connectivity index (χ2n) is 9.90. The molecule has 0 aliphatic carbocycles. The Bertz CT molecular complexity index is 474. The van der Waals surface area contributed by atoms with Crippen molar-refractivity contribution in [1.82, 2.24) is 0 Å². The lowest BCUT2D eigenvalue weighted by Gasteiger charge is -2.27. The van der Waals surface area contributed by atoms with E-state index in [2.05, 4.69) is 29.5 Å². The molecule has 2 heterocycles. The van der Waals surface area contributed by atoms with Crippen molar-refractivity contribution >= 4 is 22.6 Å². The third-order valence-corrected chi connectivity index (χ3v) is 7.94. The number of ether oxygens (including phenoxy) is 6. The van der Waals surface area contributed by atoms with Crippen LogP contribution in [-0.2, 0) is 28.4 Å². The minimum atomic E-state index is 0.108. The first-order chi connectivity index (χ1) is 16.7. The van der Waals surface area contributed by atoms with Gasteiger partial charge in [-0.3, -0.25) is 0 Å². The molecule has 2 aliphatic heterocycles. The fourth-order valence-corrected chi connectivity index (χ4v) is 5.73. The smallest absolute Gasteiger partial charge is 0.146 e. The predicted molar refractivity (Wildman–Crippen MR) is 145 cm³/mol. The standard InChI is InChI=1S/C27H51IO6/c1-4-5-6-7-8-9-10-11-13-22(31-20-29-2)24-15-17-26(33-24)27-18-16-25(34-27)23(14-12-19-28)32-21-30-3/h22-27H,4-21H2,1-3H3/t22-,23-,24-,25-,26+,27-/m1/s1. The van der Waals surface area contributed by atoms with Gasteiger partial charge < -0.3 is 28.4 Å². The first-order valence-corrected chi connectivity index (χ1v) is 15.3. The second-order valence-corrected chi connectivity index (χ2v) is 11.0. The van der Waals surface area contributed by atoms with Gasteiger partial charge in [0.1, 0.15) is 13.6 Å². The van der Waals surface area contributed by atoms with Crippen LogP contribution in [0.25, 0.3) is 0 Å². The Morgan fingerprint density at radius 1 is 0.676 bits per heavy atom. The molecule has 2 saturated heterocycles. The van der Waals surface area contributed by atoms with Gasteiger partial charge in [-0.1, -0.05) is 80.9 Å². The minimum Gasteiger partial charge on any atom is -0.370 e. The van der Waals surface area contributed by atoms with Crippen molar-refractivity contribution in [3.05, 3.63) is 0 Å². The molecular weight excluding hydrogens is 547 g/mol. The highest BCUT2D eigenvalue weighted by atomic mass is 127. The average Bonchev–Trinajstić information content (AvgIpc) is 3.53. The van der Waals surface area contributed by atoms with Gasteiger partial charge in [0, 0.05) is 14.2 Å². The number of unbranched alkanes of at least 4 members (excludes halogenated alkanes) is 7. The Morgan fingerprint density at radius 2 is 1.15 bits per heavy atom. The third kappa shape index (κ3) is 11.7. The molecule has 0 bridgehead atoms. The Labute approximate surface area is 222 Å². The Morgan fingerprint density at radius 3 is 1.62 bits per heavy atom. The zero-order chi connectivity index (χ0) is 24.4. The third-order valence-electron chi connectivity index (χ3n) is 7.18. The lowest BCUT2D eigenvalue weighted by Crippen LogP contribution is -2.35. The Balaban J connectivity index is 1.74. The van der Waals surface area contributed by atoms with Crippen molar-refractivity contribution in [2.45, 2.75) is 140 Å². The van der Waals surface area contributed by atoms with Gasteiger partial charge in [-0.2, -0.15) is 0 Å². The molecule has 202 valence electrons. The van der Waals surface area contributed by atoms with E-state index in [1.165, 1.54) is 51.4 Å². The summed E-state index contributed by atoms with van der Waals surface area (Å²) >= 11 is 2.43. The van der Waals surface area contributed by atoms with Crippen LogP contribution < -0.4 is 0 Å². The molecule has 0 spiro atoms. The van der Waals surface area contributed by atoms with Crippen LogP contribution in [0.2, 0.25) is 0 Å². The van der Waals surface area contributed by atoms with E-state index < -0.39 is 0 Å². The van der Waals surface area contributed by atoms with Gasteiger partial charge in [-0.15, -0.1) is 0 Å². The summed E-state index contributed by atoms with van der Waals surface area (Å²) in [4.78, 5) is 0. The molecule has 2 rings (SSSR count). The maximum atomic E-state index is 6.55. The summed E-state index contributed by atoms with van der Waals surface area (Å²) in [6, 6.07) is 0. The van der Waals surface area contributed by atoms with Gasteiger partial charge >= 0.3 is 0 Å². The highest BCUT2D eigenvalue weighted by Gasteiger charge is 2.41. The molecule has 7 heteroatoms. The molecule has 0 aromatic rings. The zero-order valence-corrected chi connectivity index (χ0v) is 24.2. The summed E-state index contributed by atoms with van der Waals surface area (Å²) in [5, 5.41) is 0. The summed E-state index contributed by atoms with van der Waals surface area (Å²) in [6.07, 6.45) is 18.8. The van der Waals surface area contributed by atoms with E-state index in [0.717, 1.165) is 49.4 Å². The van der Waals surface area contributed by atoms with Crippen molar-refractivity contribution in [3.8, 4) is 0 Å². The molecule has 0 aromatic carbocycles. The first kappa shape index (κ1) is 30.7. The van der Waals surface area contributed by atoms with E-state index in [1.54, 1.807) is 14.2 Å². The van der Waals surface area contributed by atoms with E-state index in [0.29, 0.717) is 13.6 Å². The van der Waals surface area contributed by atoms with Gasteiger partial charge in [-0.05, 0) is 49.4 Å². The molecule has 2 aliphatic rings. The average molecular weight is 599 g/mol. The van der Waals surface area contributed by atoms with Crippen molar-refractivity contribution in [3.63, 3.8) is 0 Å². The normalized spacial score (nSPS) is 26.8. The predicted octanol–water partition coefficient (Wildman–Crippen LogP) is 6.81. The first-order valence-electron chi connectivity index (χ1n) is 13.8. The number of halogens is 1. The van der Waals surface area contributed by atoms with Crippen molar-refractivity contribution in [2.24, 2.45) is 0 Å². The number of hydrogen-bond donors (Lipinski definition) is 0. The highest BCUT2D eigenvalue weighted by Crippen LogP contribution is 2.35. The summed E-state index contributed by atoms with van der Waals surface area (Å²) in [5.74, 6) is 0. The lowest BCUT2D eigenvalue weighted by atomic mass is 10.0. The van der Waals surface area contributed by atoms with Gasteiger partial charge in [0.05, 0.1) is 36.6 Å². The van der Waals surface area contributed by atoms with Crippen LogP contribution >= 0.6 is 22.6 Å². The van der Waals surface area contributed by atoms with Crippen LogP contribution in [0.3, 0.4) is 0 Å². The van der Waals surface area contributed by atoms with Crippen molar-refractivity contribution in [1.29, 1.82) is 0 Å². The summed E-state index contributed by atoms with van der Waals surface area (Å²) in [6.45, 7) is 2.94.